The highest BCUT2D eigenvalue weighted by molar-refractivity contribution is 6.02. The Morgan fingerprint density at radius 1 is 1.24 bits per heavy atom. The number of hydrogen-bond donors (Lipinski definition) is 1. The quantitative estimate of drug-likeness (QED) is 0.622. The van der Waals surface area contributed by atoms with E-state index >= 15 is 0 Å². The Labute approximate surface area is 142 Å². The molecule has 0 unspecified atom stereocenters. The Morgan fingerprint density at radius 2 is 2.08 bits per heavy atom. The molecule has 3 heterocycles. The summed E-state index contributed by atoms with van der Waals surface area (Å²) in [5.74, 6) is -0.517. The zero-order valence-corrected chi connectivity index (χ0v) is 13.4. The molecule has 0 atom stereocenters. The molecule has 4 aromatic rings. The number of aryl methyl sites for hydroxylation is 1. The normalized spacial score (nSPS) is 11.2. The van der Waals surface area contributed by atoms with Gasteiger partial charge in [-0.15, -0.1) is 0 Å². The molecule has 0 saturated heterocycles. The molecule has 0 aliphatic rings. The van der Waals surface area contributed by atoms with Gasteiger partial charge < -0.3 is 14.1 Å². The van der Waals surface area contributed by atoms with Crippen molar-refractivity contribution in [3.63, 3.8) is 0 Å². The summed E-state index contributed by atoms with van der Waals surface area (Å²) in [5, 5.41) is 11.4. The predicted molar refractivity (Wildman–Crippen MR) is 93.0 cm³/mol. The molecule has 6 nitrogen and oxygen atoms in total. The van der Waals surface area contributed by atoms with E-state index in [-0.39, 0.29) is 17.7 Å². The Kier molecular flexibility index (Phi) is 3.39. The molecule has 124 valence electrons. The number of hydrogen-bond acceptors (Lipinski definition) is 4. The summed E-state index contributed by atoms with van der Waals surface area (Å²) < 4.78 is 7.28. The van der Waals surface area contributed by atoms with Gasteiger partial charge in [-0.05, 0) is 42.1 Å². The van der Waals surface area contributed by atoms with Crippen LogP contribution in [0.5, 0.6) is 0 Å². The zero-order valence-electron chi connectivity index (χ0n) is 13.4. The number of rotatable bonds is 3. The first-order chi connectivity index (χ1) is 12.0. The largest absolute Gasteiger partial charge is 0.478 e. The van der Waals surface area contributed by atoms with Gasteiger partial charge in [-0.3, -0.25) is 9.78 Å². The van der Waals surface area contributed by atoms with Crippen molar-refractivity contribution < 1.29 is 14.3 Å². The van der Waals surface area contributed by atoms with Crippen LogP contribution in [0.1, 0.15) is 21.7 Å². The van der Waals surface area contributed by atoms with E-state index in [0.29, 0.717) is 16.7 Å². The van der Waals surface area contributed by atoms with E-state index in [1.807, 2.05) is 13.0 Å². The fraction of sp³-hybridized carbons (Fsp3) is 0.105. The van der Waals surface area contributed by atoms with Crippen molar-refractivity contribution in [2.75, 3.05) is 0 Å². The van der Waals surface area contributed by atoms with Crippen LogP contribution in [0, 0.1) is 6.92 Å². The van der Waals surface area contributed by atoms with Crippen LogP contribution in [-0.2, 0) is 6.54 Å². The Bertz CT molecular complexity index is 1190. The third-order valence-corrected chi connectivity index (χ3v) is 4.29. The van der Waals surface area contributed by atoms with Crippen LogP contribution >= 0.6 is 0 Å². The van der Waals surface area contributed by atoms with E-state index in [1.54, 1.807) is 36.8 Å². The smallest absolute Gasteiger partial charge is 0.339 e. The fourth-order valence-corrected chi connectivity index (χ4v) is 2.97. The van der Waals surface area contributed by atoms with Crippen LogP contribution in [0.4, 0.5) is 0 Å². The lowest BCUT2D eigenvalue weighted by Gasteiger charge is -2.04. The second kappa shape index (κ2) is 5.59. The third kappa shape index (κ3) is 2.48. The number of benzene rings is 1. The number of carbonyl (C=O) groups is 1. The van der Waals surface area contributed by atoms with Gasteiger partial charge in [0.05, 0.1) is 11.9 Å². The van der Waals surface area contributed by atoms with Gasteiger partial charge in [-0.2, -0.15) is 0 Å². The standard InChI is InChI=1S/C19H14N2O4/c1-11-2-3-14(19(23)24)17-15(11)8-13(25-17)10-21-7-5-12-4-6-20-9-16(12)18(21)22/h2-9H,10H2,1H3,(H,23,24). The summed E-state index contributed by atoms with van der Waals surface area (Å²) in [6.45, 7) is 2.11. The monoisotopic (exact) mass is 334 g/mol. The van der Waals surface area contributed by atoms with Gasteiger partial charge in [0, 0.05) is 24.0 Å². The molecule has 0 bridgehead atoms. The Balaban J connectivity index is 1.83. The highest BCUT2D eigenvalue weighted by Crippen LogP contribution is 2.27. The van der Waals surface area contributed by atoms with Crippen LogP contribution in [0.15, 0.2) is 58.1 Å². The van der Waals surface area contributed by atoms with E-state index in [4.69, 9.17) is 4.42 Å². The van der Waals surface area contributed by atoms with Gasteiger partial charge in [0.1, 0.15) is 16.9 Å². The van der Waals surface area contributed by atoms with Gasteiger partial charge >= 0.3 is 5.97 Å². The summed E-state index contributed by atoms with van der Waals surface area (Å²) >= 11 is 0. The second-order valence-electron chi connectivity index (χ2n) is 5.90. The van der Waals surface area contributed by atoms with Crippen molar-refractivity contribution in [1.82, 2.24) is 9.55 Å². The predicted octanol–water partition coefficient (Wildman–Crippen LogP) is 3.20. The van der Waals surface area contributed by atoms with Crippen molar-refractivity contribution in [2.45, 2.75) is 13.5 Å². The molecule has 6 heteroatoms. The van der Waals surface area contributed by atoms with Gasteiger partial charge in [0.15, 0.2) is 0 Å². The van der Waals surface area contributed by atoms with Gasteiger partial charge in [0.25, 0.3) is 5.56 Å². The molecular formula is C19H14N2O4. The van der Waals surface area contributed by atoms with Gasteiger partial charge in [-0.25, -0.2) is 4.79 Å². The molecule has 0 aliphatic carbocycles. The Morgan fingerprint density at radius 3 is 2.88 bits per heavy atom. The van der Waals surface area contributed by atoms with Crippen LogP contribution in [0.25, 0.3) is 21.7 Å². The fourth-order valence-electron chi connectivity index (χ4n) is 2.97. The maximum Gasteiger partial charge on any atom is 0.339 e. The molecule has 0 radical (unpaired) electrons. The molecule has 0 saturated carbocycles. The topological polar surface area (TPSA) is 85.3 Å². The molecule has 0 spiro atoms. The Hall–Kier alpha value is -3.41. The molecular weight excluding hydrogens is 320 g/mol. The van der Waals surface area contributed by atoms with Crippen molar-refractivity contribution in [3.8, 4) is 0 Å². The zero-order chi connectivity index (χ0) is 17.6. The average Bonchev–Trinajstić information content (AvgIpc) is 3.02. The average molecular weight is 334 g/mol. The third-order valence-electron chi connectivity index (χ3n) is 4.29. The lowest BCUT2D eigenvalue weighted by atomic mass is 10.1. The first-order valence-corrected chi connectivity index (χ1v) is 7.73. The number of furan rings is 1. The summed E-state index contributed by atoms with van der Waals surface area (Å²) in [4.78, 5) is 27.9. The van der Waals surface area contributed by atoms with Crippen molar-refractivity contribution in [2.24, 2.45) is 0 Å². The molecule has 4 rings (SSSR count). The first kappa shape index (κ1) is 15.1. The first-order valence-electron chi connectivity index (χ1n) is 7.73. The lowest BCUT2D eigenvalue weighted by Crippen LogP contribution is -2.19. The number of carboxylic acids is 1. The molecule has 1 N–H and O–H groups in total. The minimum atomic E-state index is -1.04. The van der Waals surface area contributed by atoms with E-state index in [9.17, 15) is 14.7 Å². The van der Waals surface area contributed by atoms with Crippen molar-refractivity contribution in [3.05, 3.63) is 76.2 Å². The minimum absolute atomic E-state index is 0.113. The molecule has 1 aromatic carbocycles. The summed E-state index contributed by atoms with van der Waals surface area (Å²) in [6.07, 6.45) is 4.88. The van der Waals surface area contributed by atoms with Gasteiger partial charge in [0.2, 0.25) is 0 Å². The summed E-state index contributed by atoms with van der Waals surface area (Å²) in [6, 6.07) is 8.69. The number of aromatic nitrogens is 2. The number of nitrogens with zero attached hydrogens (tertiary/aromatic N) is 2. The highest BCUT2D eigenvalue weighted by atomic mass is 16.4. The van der Waals surface area contributed by atoms with Crippen molar-refractivity contribution in [1.29, 1.82) is 0 Å². The van der Waals surface area contributed by atoms with Gasteiger partial charge in [-0.1, -0.05) is 6.07 Å². The van der Waals surface area contributed by atoms with Crippen LogP contribution in [0.3, 0.4) is 0 Å². The van der Waals surface area contributed by atoms with E-state index in [0.717, 1.165) is 16.3 Å². The molecule has 0 amide bonds. The number of carboxylic acid groups (broad SMARTS) is 1. The minimum Gasteiger partial charge on any atom is -0.478 e. The van der Waals surface area contributed by atoms with E-state index < -0.39 is 5.97 Å². The summed E-state index contributed by atoms with van der Waals surface area (Å²) in [5.41, 5.74) is 1.20. The summed E-state index contributed by atoms with van der Waals surface area (Å²) in [7, 11) is 0. The maximum atomic E-state index is 12.6. The number of pyridine rings is 2. The van der Waals surface area contributed by atoms with Crippen LogP contribution < -0.4 is 5.56 Å². The van der Waals surface area contributed by atoms with Crippen LogP contribution in [0.2, 0.25) is 0 Å². The second-order valence-corrected chi connectivity index (χ2v) is 5.90. The van der Waals surface area contributed by atoms with Crippen LogP contribution in [-0.4, -0.2) is 20.6 Å². The molecule has 25 heavy (non-hydrogen) atoms. The highest BCUT2D eigenvalue weighted by Gasteiger charge is 2.16. The molecule has 0 aliphatic heterocycles. The molecule has 3 aromatic heterocycles. The maximum absolute atomic E-state index is 12.6. The lowest BCUT2D eigenvalue weighted by molar-refractivity contribution is 0.0698. The SMILES string of the molecule is Cc1ccc(C(=O)O)c2oc(Cn3ccc4ccncc4c3=O)cc12. The number of aromatic carboxylic acids is 1. The van der Waals surface area contributed by atoms with Crippen molar-refractivity contribution >= 4 is 27.7 Å². The van der Waals surface area contributed by atoms with E-state index in [1.165, 1.54) is 10.6 Å². The number of fused-ring (bicyclic) bond motifs is 2. The molecule has 0 fully saturated rings. The van der Waals surface area contributed by atoms with E-state index in [2.05, 4.69) is 4.98 Å².